The monoisotopic (exact) mass is 477 g/mol. The maximum Gasteiger partial charge on any atom is 0.511 e. The molecule has 3 rings (SSSR count). The molecule has 0 bridgehead atoms. The molecule has 33 heavy (non-hydrogen) atoms. The first kappa shape index (κ1) is 24.5. The molecule has 0 spiro atoms. The number of aliphatic hydroxyl groups excluding tert-OH is 1. The number of aliphatic hydroxyl groups is 1. The van der Waals surface area contributed by atoms with Crippen LogP contribution in [-0.4, -0.2) is 34.7 Å². The van der Waals surface area contributed by atoms with Gasteiger partial charge in [0.15, 0.2) is 5.75 Å². The van der Waals surface area contributed by atoms with Gasteiger partial charge >= 0.3 is 6.16 Å². The van der Waals surface area contributed by atoms with Crippen molar-refractivity contribution in [2.75, 3.05) is 13.7 Å². The fourth-order valence-corrected chi connectivity index (χ4v) is 4.06. The van der Waals surface area contributed by atoms with Gasteiger partial charge in [-0.05, 0) is 29.2 Å². The lowest BCUT2D eigenvalue weighted by atomic mass is 9.97. The van der Waals surface area contributed by atoms with Crippen molar-refractivity contribution >= 4 is 28.7 Å². The zero-order valence-corrected chi connectivity index (χ0v) is 19.2. The topological polar surface area (TPSA) is 98.0 Å². The van der Waals surface area contributed by atoms with Crippen molar-refractivity contribution in [3.05, 3.63) is 68.7 Å². The molecule has 3 aromatic rings. The molecule has 0 fully saturated rings. The van der Waals surface area contributed by atoms with Crippen molar-refractivity contribution in [1.82, 2.24) is 4.57 Å². The van der Waals surface area contributed by atoms with Crippen LogP contribution in [-0.2, 0) is 6.42 Å². The summed E-state index contributed by atoms with van der Waals surface area (Å²) < 4.78 is 26.4. The second kappa shape index (κ2) is 10.2. The predicted molar refractivity (Wildman–Crippen MR) is 123 cm³/mol. The molecule has 2 aromatic carbocycles. The Kier molecular flexibility index (Phi) is 7.61. The summed E-state index contributed by atoms with van der Waals surface area (Å²) in [6.07, 6.45) is 0.486. The van der Waals surface area contributed by atoms with Crippen LogP contribution in [0.4, 0.5) is 9.18 Å². The van der Waals surface area contributed by atoms with E-state index in [4.69, 9.17) is 26.2 Å². The highest BCUT2D eigenvalue weighted by molar-refractivity contribution is 6.30. The largest absolute Gasteiger partial charge is 0.511 e. The summed E-state index contributed by atoms with van der Waals surface area (Å²) in [6.45, 7) is 3.66. The Bertz CT molecular complexity index is 1240. The van der Waals surface area contributed by atoms with Crippen molar-refractivity contribution in [1.29, 1.82) is 0 Å². The first-order valence-corrected chi connectivity index (χ1v) is 10.8. The van der Waals surface area contributed by atoms with Crippen LogP contribution in [0.1, 0.15) is 37.4 Å². The molecule has 0 aliphatic rings. The van der Waals surface area contributed by atoms with Crippen LogP contribution in [0, 0.1) is 11.7 Å². The average molecular weight is 478 g/mol. The summed E-state index contributed by atoms with van der Waals surface area (Å²) in [6, 6.07) is 7.36. The maximum atomic E-state index is 14.5. The number of pyridine rings is 1. The molecular weight excluding hydrogens is 453 g/mol. The van der Waals surface area contributed by atoms with Crippen molar-refractivity contribution in [2.24, 2.45) is 5.92 Å². The third-order valence-electron chi connectivity index (χ3n) is 5.86. The summed E-state index contributed by atoms with van der Waals surface area (Å²) in [4.78, 5) is 24.3. The second-order valence-corrected chi connectivity index (χ2v) is 8.21. The standard InChI is InChI=1S/C24H25ClFNO6/c1-4-13(2)19(12-28)27-11-21(33-24(30)31)23(29)16-9-15(20(32-3)10-18(16)27)8-14-6-5-7-17(25)22(14)26/h5-7,9-11,13,19,28H,4,8,12H2,1-3H3,(H,30,31)/t13-,19+/m0/s1. The van der Waals surface area contributed by atoms with Crippen molar-refractivity contribution in [3.8, 4) is 11.5 Å². The zero-order valence-electron chi connectivity index (χ0n) is 18.5. The molecule has 2 N–H and O–H groups in total. The predicted octanol–water partition coefficient (Wildman–Crippen LogP) is 5.03. The molecule has 7 nitrogen and oxygen atoms in total. The van der Waals surface area contributed by atoms with Crippen LogP contribution in [0.2, 0.25) is 5.02 Å². The molecule has 0 saturated carbocycles. The Hall–Kier alpha value is -3.10. The number of carboxylic acid groups (broad SMARTS) is 1. The second-order valence-electron chi connectivity index (χ2n) is 7.80. The van der Waals surface area contributed by atoms with Gasteiger partial charge in [0.05, 0.1) is 41.9 Å². The minimum Gasteiger partial charge on any atom is -0.496 e. The highest BCUT2D eigenvalue weighted by Crippen LogP contribution is 2.33. The zero-order chi connectivity index (χ0) is 24.3. The lowest BCUT2D eigenvalue weighted by Gasteiger charge is -2.27. The average Bonchev–Trinajstić information content (AvgIpc) is 2.79. The molecule has 0 unspecified atom stereocenters. The molecule has 0 aliphatic heterocycles. The third-order valence-corrected chi connectivity index (χ3v) is 6.15. The molecule has 0 amide bonds. The number of aromatic nitrogens is 1. The van der Waals surface area contributed by atoms with Gasteiger partial charge in [-0.2, -0.15) is 0 Å². The Morgan fingerprint density at radius 1 is 1.24 bits per heavy atom. The van der Waals surface area contributed by atoms with Gasteiger partial charge in [-0.3, -0.25) is 4.79 Å². The number of carbonyl (C=O) groups is 1. The Morgan fingerprint density at radius 3 is 2.58 bits per heavy atom. The molecule has 1 heterocycles. The van der Waals surface area contributed by atoms with Crippen LogP contribution < -0.4 is 14.9 Å². The SMILES string of the molecule is CC[C@H](C)[C@@H](CO)n1cc(OC(=O)O)c(=O)c2cc(Cc3cccc(Cl)c3F)c(OC)cc21. The lowest BCUT2D eigenvalue weighted by molar-refractivity contribution is 0.143. The first-order valence-electron chi connectivity index (χ1n) is 10.4. The smallest absolute Gasteiger partial charge is 0.496 e. The van der Waals surface area contributed by atoms with Crippen LogP contribution in [0.5, 0.6) is 11.5 Å². The molecular formula is C24H25ClFNO6. The van der Waals surface area contributed by atoms with E-state index in [1.807, 2.05) is 13.8 Å². The lowest BCUT2D eigenvalue weighted by Crippen LogP contribution is -2.24. The number of methoxy groups -OCH3 is 1. The molecule has 2 atom stereocenters. The van der Waals surface area contributed by atoms with Gasteiger partial charge in [0, 0.05) is 12.5 Å². The minimum atomic E-state index is -1.63. The fourth-order valence-electron chi connectivity index (χ4n) is 3.87. The minimum absolute atomic E-state index is 0.00427. The van der Waals surface area contributed by atoms with E-state index in [9.17, 15) is 19.1 Å². The summed E-state index contributed by atoms with van der Waals surface area (Å²) in [5.74, 6) is -0.548. The van der Waals surface area contributed by atoms with Gasteiger partial charge in [0.25, 0.3) is 0 Å². The number of rotatable bonds is 8. The van der Waals surface area contributed by atoms with Gasteiger partial charge in [-0.1, -0.05) is 44.0 Å². The van der Waals surface area contributed by atoms with E-state index in [0.29, 0.717) is 22.4 Å². The number of nitrogens with zero attached hydrogens (tertiary/aromatic N) is 1. The van der Waals surface area contributed by atoms with E-state index < -0.39 is 23.4 Å². The number of halogens is 2. The summed E-state index contributed by atoms with van der Waals surface area (Å²) in [7, 11) is 1.46. The molecule has 0 saturated heterocycles. The summed E-state index contributed by atoms with van der Waals surface area (Å²) >= 11 is 5.90. The van der Waals surface area contributed by atoms with E-state index in [0.717, 1.165) is 6.42 Å². The number of fused-ring (bicyclic) bond motifs is 1. The summed E-state index contributed by atoms with van der Waals surface area (Å²) in [5, 5.41) is 19.3. The van der Waals surface area contributed by atoms with Gasteiger partial charge in [-0.25, -0.2) is 9.18 Å². The highest BCUT2D eigenvalue weighted by atomic mass is 35.5. The van der Waals surface area contributed by atoms with Crippen LogP contribution in [0.3, 0.4) is 0 Å². The van der Waals surface area contributed by atoms with Gasteiger partial charge in [0.1, 0.15) is 11.6 Å². The van der Waals surface area contributed by atoms with Crippen LogP contribution in [0.15, 0.2) is 41.3 Å². The first-order chi connectivity index (χ1) is 15.7. The Labute approximate surface area is 194 Å². The quantitative estimate of drug-likeness (QED) is 0.441. The fraction of sp³-hybridized carbons (Fsp3) is 0.333. The van der Waals surface area contributed by atoms with Crippen LogP contribution >= 0.6 is 11.6 Å². The van der Waals surface area contributed by atoms with E-state index in [1.165, 1.54) is 25.4 Å². The maximum absolute atomic E-state index is 14.5. The van der Waals surface area contributed by atoms with Gasteiger partial charge in [-0.15, -0.1) is 0 Å². The van der Waals surface area contributed by atoms with Gasteiger partial charge in [0.2, 0.25) is 5.43 Å². The summed E-state index contributed by atoms with van der Waals surface area (Å²) in [5.41, 5.74) is 0.613. The molecule has 0 aliphatic carbocycles. The number of ether oxygens (including phenoxy) is 2. The number of benzene rings is 2. The Balaban J connectivity index is 2.30. The number of hydrogen-bond acceptors (Lipinski definition) is 5. The highest BCUT2D eigenvalue weighted by Gasteiger charge is 2.23. The molecule has 9 heteroatoms. The van der Waals surface area contributed by atoms with E-state index in [2.05, 4.69) is 0 Å². The van der Waals surface area contributed by atoms with E-state index >= 15 is 0 Å². The molecule has 1 aromatic heterocycles. The molecule has 0 radical (unpaired) electrons. The van der Waals surface area contributed by atoms with Crippen molar-refractivity contribution < 1.29 is 28.9 Å². The van der Waals surface area contributed by atoms with Gasteiger partial charge < -0.3 is 24.3 Å². The molecule has 176 valence electrons. The van der Waals surface area contributed by atoms with Crippen molar-refractivity contribution in [3.63, 3.8) is 0 Å². The van der Waals surface area contributed by atoms with E-state index in [-0.39, 0.29) is 35.1 Å². The van der Waals surface area contributed by atoms with Crippen LogP contribution in [0.25, 0.3) is 10.9 Å². The normalized spacial score (nSPS) is 13.0. The van der Waals surface area contributed by atoms with E-state index in [1.54, 1.807) is 22.8 Å². The third kappa shape index (κ3) is 4.96. The Morgan fingerprint density at radius 2 is 1.97 bits per heavy atom. The number of hydrogen-bond donors (Lipinski definition) is 2. The van der Waals surface area contributed by atoms with Crippen molar-refractivity contribution in [2.45, 2.75) is 32.7 Å².